The number of hydrogen-bond donors (Lipinski definition) is 1. The van der Waals surface area contributed by atoms with Crippen molar-refractivity contribution in [2.75, 3.05) is 6.67 Å². The first kappa shape index (κ1) is 11.0. The lowest BCUT2D eigenvalue weighted by molar-refractivity contribution is -0.271. The Bertz CT molecular complexity index is 295. The normalized spacial score (nSPS) is 16.4. The van der Waals surface area contributed by atoms with E-state index in [1.54, 1.807) is 0 Å². The monoisotopic (exact) mass is 208 g/mol. The van der Waals surface area contributed by atoms with Crippen molar-refractivity contribution < 1.29 is 22.7 Å². The summed E-state index contributed by atoms with van der Waals surface area (Å²) in [6, 6.07) is 6.17. The van der Waals surface area contributed by atoms with Gasteiger partial charge in [-0.05, 0) is 5.56 Å². The van der Waals surface area contributed by atoms with Gasteiger partial charge in [0.2, 0.25) is 5.60 Å². The number of benzene rings is 1. The Morgan fingerprint density at radius 3 is 1.93 bits per heavy atom. The van der Waals surface area contributed by atoms with Crippen molar-refractivity contribution in [2.45, 2.75) is 11.8 Å². The summed E-state index contributed by atoms with van der Waals surface area (Å²) in [6.45, 7) is -1.89. The van der Waals surface area contributed by atoms with Crippen LogP contribution in [-0.4, -0.2) is 18.0 Å². The molecule has 0 aliphatic carbocycles. The van der Waals surface area contributed by atoms with Gasteiger partial charge in [0, 0.05) is 0 Å². The maximum atomic E-state index is 12.3. The molecule has 78 valence electrons. The van der Waals surface area contributed by atoms with Gasteiger partial charge in [0.25, 0.3) is 0 Å². The quantitative estimate of drug-likeness (QED) is 0.740. The zero-order chi connectivity index (χ0) is 10.8. The maximum Gasteiger partial charge on any atom is 0.424 e. The minimum Gasteiger partial charge on any atom is -0.374 e. The first-order valence-corrected chi connectivity index (χ1v) is 3.82. The molecule has 0 spiro atoms. The molecule has 1 aromatic carbocycles. The van der Waals surface area contributed by atoms with E-state index in [9.17, 15) is 17.6 Å². The number of hydrogen-bond acceptors (Lipinski definition) is 1. The highest BCUT2D eigenvalue weighted by Gasteiger charge is 2.55. The lowest BCUT2D eigenvalue weighted by Crippen LogP contribution is -2.44. The predicted molar refractivity (Wildman–Crippen MR) is 42.4 cm³/mol. The van der Waals surface area contributed by atoms with Crippen LogP contribution in [0.15, 0.2) is 30.3 Å². The van der Waals surface area contributed by atoms with Crippen LogP contribution >= 0.6 is 0 Å². The highest BCUT2D eigenvalue weighted by atomic mass is 19.4. The van der Waals surface area contributed by atoms with Gasteiger partial charge in [0.05, 0.1) is 0 Å². The van der Waals surface area contributed by atoms with Crippen LogP contribution in [0.5, 0.6) is 0 Å². The maximum absolute atomic E-state index is 12.3. The van der Waals surface area contributed by atoms with Crippen LogP contribution in [0, 0.1) is 0 Å². The molecule has 0 radical (unpaired) electrons. The summed E-state index contributed by atoms with van der Waals surface area (Å²) in [5.74, 6) is 0. The molecule has 1 unspecified atom stereocenters. The highest BCUT2D eigenvalue weighted by molar-refractivity contribution is 5.24. The Kier molecular flexibility index (Phi) is 2.80. The Morgan fingerprint density at radius 1 is 1.07 bits per heavy atom. The molecule has 0 saturated carbocycles. The summed E-state index contributed by atoms with van der Waals surface area (Å²) in [5.41, 5.74) is -3.89. The minimum atomic E-state index is -5.01. The van der Waals surface area contributed by atoms with E-state index in [0.717, 1.165) is 12.1 Å². The Hall–Kier alpha value is -1.10. The Labute approximate surface area is 78.0 Å². The van der Waals surface area contributed by atoms with Gasteiger partial charge in [0.1, 0.15) is 6.67 Å². The van der Waals surface area contributed by atoms with Gasteiger partial charge in [-0.2, -0.15) is 13.2 Å². The van der Waals surface area contributed by atoms with E-state index in [4.69, 9.17) is 5.11 Å². The topological polar surface area (TPSA) is 20.2 Å². The first-order valence-electron chi connectivity index (χ1n) is 3.82. The van der Waals surface area contributed by atoms with Gasteiger partial charge in [-0.3, -0.25) is 0 Å². The molecule has 1 aromatic rings. The molecule has 0 amide bonds. The summed E-state index contributed by atoms with van der Waals surface area (Å²) >= 11 is 0. The summed E-state index contributed by atoms with van der Waals surface area (Å²) < 4.78 is 49.2. The zero-order valence-electron chi connectivity index (χ0n) is 7.05. The molecular formula is C9H8F4O. The molecule has 0 aromatic heterocycles. The lowest BCUT2D eigenvalue weighted by atomic mass is 9.95. The molecule has 0 saturated heterocycles. The fourth-order valence-corrected chi connectivity index (χ4v) is 1.03. The number of alkyl halides is 4. The van der Waals surface area contributed by atoms with Crippen LogP contribution in [0.25, 0.3) is 0 Å². The molecule has 14 heavy (non-hydrogen) atoms. The Morgan fingerprint density at radius 2 is 1.57 bits per heavy atom. The molecule has 0 fully saturated rings. The van der Waals surface area contributed by atoms with Gasteiger partial charge in [-0.1, -0.05) is 30.3 Å². The van der Waals surface area contributed by atoms with Crippen LogP contribution < -0.4 is 0 Å². The fraction of sp³-hybridized carbons (Fsp3) is 0.333. The van der Waals surface area contributed by atoms with Crippen LogP contribution in [0.1, 0.15) is 5.56 Å². The molecule has 1 rings (SSSR count). The molecule has 0 aliphatic heterocycles. The zero-order valence-corrected chi connectivity index (χ0v) is 7.05. The predicted octanol–water partition coefficient (Wildman–Crippen LogP) is 2.41. The molecule has 1 atom stereocenters. The van der Waals surface area contributed by atoms with Gasteiger partial charge in [-0.15, -0.1) is 0 Å². The third kappa shape index (κ3) is 1.72. The second kappa shape index (κ2) is 3.57. The summed E-state index contributed by atoms with van der Waals surface area (Å²) in [4.78, 5) is 0. The second-order valence-corrected chi connectivity index (χ2v) is 2.86. The standard InChI is InChI=1S/C9H8F4O/c10-6-8(14,9(11,12)13)7-4-2-1-3-5-7/h1-5,14H,6H2. The van der Waals surface area contributed by atoms with E-state index in [0.29, 0.717) is 0 Å². The van der Waals surface area contributed by atoms with Crippen LogP contribution in [0.3, 0.4) is 0 Å². The van der Waals surface area contributed by atoms with Gasteiger partial charge in [-0.25, -0.2) is 4.39 Å². The molecule has 0 bridgehead atoms. The third-order valence-electron chi connectivity index (χ3n) is 1.91. The lowest BCUT2D eigenvalue weighted by Gasteiger charge is -2.27. The summed E-state index contributed by atoms with van der Waals surface area (Å²) in [5, 5.41) is 9.13. The molecule has 5 heteroatoms. The average molecular weight is 208 g/mol. The second-order valence-electron chi connectivity index (χ2n) is 2.86. The smallest absolute Gasteiger partial charge is 0.374 e. The van der Waals surface area contributed by atoms with Crippen molar-refractivity contribution in [3.05, 3.63) is 35.9 Å². The van der Waals surface area contributed by atoms with Crippen molar-refractivity contribution in [3.63, 3.8) is 0 Å². The SMILES string of the molecule is OC(CF)(c1ccccc1)C(F)(F)F. The number of rotatable bonds is 2. The highest BCUT2D eigenvalue weighted by Crippen LogP contribution is 2.38. The van der Waals surface area contributed by atoms with E-state index in [-0.39, 0.29) is 0 Å². The molecule has 0 heterocycles. The van der Waals surface area contributed by atoms with Crippen LogP contribution in [-0.2, 0) is 5.60 Å². The summed E-state index contributed by atoms with van der Waals surface area (Å²) in [7, 11) is 0. The van der Waals surface area contributed by atoms with E-state index >= 15 is 0 Å². The first-order chi connectivity index (χ1) is 6.42. The van der Waals surface area contributed by atoms with Gasteiger partial charge < -0.3 is 5.11 Å². The van der Waals surface area contributed by atoms with Crippen molar-refractivity contribution >= 4 is 0 Å². The van der Waals surface area contributed by atoms with Crippen molar-refractivity contribution in [1.82, 2.24) is 0 Å². The summed E-state index contributed by atoms with van der Waals surface area (Å²) in [6.07, 6.45) is -5.01. The molecule has 1 N–H and O–H groups in total. The fourth-order valence-electron chi connectivity index (χ4n) is 1.03. The van der Waals surface area contributed by atoms with Gasteiger partial charge in [0.15, 0.2) is 0 Å². The largest absolute Gasteiger partial charge is 0.424 e. The molecule has 0 aliphatic rings. The molecule has 1 nitrogen and oxygen atoms in total. The van der Waals surface area contributed by atoms with E-state index in [2.05, 4.69) is 0 Å². The van der Waals surface area contributed by atoms with Crippen LogP contribution in [0.2, 0.25) is 0 Å². The third-order valence-corrected chi connectivity index (χ3v) is 1.91. The van der Waals surface area contributed by atoms with E-state index < -0.39 is 24.0 Å². The van der Waals surface area contributed by atoms with Crippen molar-refractivity contribution in [3.8, 4) is 0 Å². The molecular weight excluding hydrogens is 200 g/mol. The van der Waals surface area contributed by atoms with Crippen molar-refractivity contribution in [1.29, 1.82) is 0 Å². The van der Waals surface area contributed by atoms with Crippen molar-refractivity contribution in [2.24, 2.45) is 0 Å². The van der Waals surface area contributed by atoms with Crippen LogP contribution in [0.4, 0.5) is 17.6 Å². The average Bonchev–Trinajstić information content (AvgIpc) is 2.16. The number of aliphatic hydroxyl groups is 1. The van der Waals surface area contributed by atoms with Gasteiger partial charge >= 0.3 is 6.18 Å². The number of halogens is 4. The van der Waals surface area contributed by atoms with E-state index in [1.807, 2.05) is 0 Å². The minimum absolute atomic E-state index is 0.491. The van der Waals surface area contributed by atoms with E-state index in [1.165, 1.54) is 18.2 Å². The Balaban J connectivity index is 3.15.